The normalized spacial score (nSPS) is 12.1. The molecule has 2 heterocycles. The third-order valence-electron chi connectivity index (χ3n) is 2.37. The van der Waals surface area contributed by atoms with Crippen molar-refractivity contribution in [2.45, 2.75) is 20.6 Å². The third kappa shape index (κ3) is 5.26. The minimum absolute atomic E-state index is 0.364. The molecule has 0 aliphatic rings. The highest BCUT2D eigenvalue weighted by Gasteiger charge is 2.07. The summed E-state index contributed by atoms with van der Waals surface area (Å²) in [7, 11) is -0.518. The van der Waals surface area contributed by atoms with E-state index in [1.165, 1.54) is 6.20 Å². The van der Waals surface area contributed by atoms with E-state index < -0.39 is 10.0 Å². The van der Waals surface area contributed by atoms with Crippen LogP contribution < -0.4 is 0 Å². The molecule has 5 nitrogen and oxygen atoms in total. The van der Waals surface area contributed by atoms with Crippen LogP contribution in [0.15, 0.2) is 12.4 Å². The summed E-state index contributed by atoms with van der Waals surface area (Å²) in [6, 6.07) is 0. The van der Waals surface area contributed by atoms with E-state index in [1.807, 2.05) is 13.8 Å². The van der Waals surface area contributed by atoms with Crippen molar-refractivity contribution in [3.8, 4) is 0 Å². The lowest BCUT2D eigenvalue weighted by molar-refractivity contribution is 0.0836. The van der Waals surface area contributed by atoms with Gasteiger partial charge in [0.25, 0.3) is 0 Å². The lowest BCUT2D eigenvalue weighted by atomic mass is 10.5. The van der Waals surface area contributed by atoms with Crippen LogP contribution in [0.2, 0.25) is 5.15 Å². The maximum Gasteiger partial charge on any atom is 0.180 e. The molecule has 0 fully saturated rings. The number of hydrogen-bond donors (Lipinski definition) is 0. The molecule has 0 aliphatic carbocycles. The second-order valence-electron chi connectivity index (χ2n) is 4.88. The van der Waals surface area contributed by atoms with Crippen LogP contribution in [0, 0.1) is 0 Å². The van der Waals surface area contributed by atoms with Gasteiger partial charge in [-0.05, 0) is 18.8 Å². The summed E-state index contributed by atoms with van der Waals surface area (Å²) in [5.41, 5.74) is 1.38. The first-order valence-corrected chi connectivity index (χ1v) is 9.94. The molecule has 0 aliphatic heterocycles. The Morgan fingerprint density at radius 2 is 1.95 bits per heavy atom. The Balaban J connectivity index is 0.000000956. The molecule has 0 amide bonds. The molecule has 0 spiro atoms. The maximum absolute atomic E-state index is 5.82. The molecular weight excluding hydrogens is 296 g/mol. The second kappa shape index (κ2) is 7.81. The second-order valence-corrected chi connectivity index (χ2v) is 9.85. The van der Waals surface area contributed by atoms with Gasteiger partial charge in [-0.3, -0.25) is 0 Å². The van der Waals surface area contributed by atoms with E-state index in [2.05, 4.69) is 33.8 Å². The fraction of sp³-hybridized carbons (Fsp3) is 0.615. The van der Waals surface area contributed by atoms with Crippen LogP contribution in [-0.2, 0) is 11.5 Å². The fourth-order valence-corrected chi connectivity index (χ4v) is 2.13. The molecule has 0 radical (unpaired) electrons. The van der Waals surface area contributed by atoms with E-state index in [-0.39, 0.29) is 0 Å². The minimum Gasteiger partial charge on any atom is -0.358 e. The van der Waals surface area contributed by atoms with E-state index in [1.54, 1.807) is 10.9 Å². The molecule has 0 N–H and O–H groups in total. The predicted molar refractivity (Wildman–Crippen MR) is 87.9 cm³/mol. The Hall–Kier alpha value is -0.850. The Morgan fingerprint density at radius 3 is 2.60 bits per heavy atom. The monoisotopic (exact) mass is 318 g/mol. The summed E-state index contributed by atoms with van der Waals surface area (Å²) in [5.74, 6) is 1.08. The number of aromatic nitrogens is 4. The quantitative estimate of drug-likeness (QED) is 0.795. The molecular formula is C13H23ClN4OS. The summed E-state index contributed by atoms with van der Waals surface area (Å²) in [4.78, 5) is 8.33. The number of fused-ring (bicyclic) bond motifs is 1. The first kappa shape index (κ1) is 17.2. The summed E-state index contributed by atoms with van der Waals surface area (Å²) in [6.07, 6.45) is 9.98. The molecule has 7 heteroatoms. The van der Waals surface area contributed by atoms with Crippen molar-refractivity contribution < 1.29 is 4.74 Å². The molecule has 0 saturated heterocycles. The summed E-state index contributed by atoms with van der Waals surface area (Å²) in [6.45, 7) is 5.11. The summed E-state index contributed by atoms with van der Waals surface area (Å²) in [5, 5.41) is 4.55. The van der Waals surface area contributed by atoms with Gasteiger partial charge in [-0.25, -0.2) is 24.7 Å². The minimum atomic E-state index is -0.518. The van der Waals surface area contributed by atoms with Gasteiger partial charge in [-0.2, -0.15) is 5.10 Å². The molecule has 0 atom stereocenters. The van der Waals surface area contributed by atoms with Gasteiger partial charge in [0.2, 0.25) is 0 Å². The molecule has 114 valence electrons. The largest absolute Gasteiger partial charge is 0.358 e. The van der Waals surface area contributed by atoms with Gasteiger partial charge in [0, 0.05) is 5.75 Å². The highest BCUT2D eigenvalue weighted by molar-refractivity contribution is 8.32. The van der Waals surface area contributed by atoms with Gasteiger partial charge in [-0.15, -0.1) is 0 Å². The van der Waals surface area contributed by atoms with Gasteiger partial charge in [0.15, 0.2) is 5.65 Å². The Labute approximate surface area is 127 Å². The van der Waals surface area contributed by atoms with Crippen molar-refractivity contribution in [3.05, 3.63) is 17.5 Å². The molecule has 20 heavy (non-hydrogen) atoms. The smallest absolute Gasteiger partial charge is 0.180 e. The number of nitrogens with zero attached hydrogens (tertiary/aromatic N) is 4. The first-order chi connectivity index (χ1) is 9.46. The predicted octanol–water partition coefficient (Wildman–Crippen LogP) is 3.17. The summed E-state index contributed by atoms with van der Waals surface area (Å²) >= 11 is 5.82. The van der Waals surface area contributed by atoms with Crippen molar-refractivity contribution in [3.63, 3.8) is 0 Å². The van der Waals surface area contributed by atoms with Crippen molar-refractivity contribution in [1.29, 1.82) is 0 Å². The lowest BCUT2D eigenvalue weighted by Crippen LogP contribution is -2.11. The molecule has 2 rings (SSSR count). The van der Waals surface area contributed by atoms with Crippen LogP contribution in [0.3, 0.4) is 0 Å². The average Bonchev–Trinajstić information content (AvgIpc) is 2.78. The molecule has 2 aromatic heterocycles. The average molecular weight is 319 g/mol. The van der Waals surface area contributed by atoms with E-state index >= 15 is 0 Å². The van der Waals surface area contributed by atoms with E-state index in [0.29, 0.717) is 17.5 Å². The number of halogens is 1. The fourth-order valence-electron chi connectivity index (χ4n) is 1.38. The van der Waals surface area contributed by atoms with Crippen LogP contribution in [0.1, 0.15) is 13.8 Å². The van der Waals surface area contributed by atoms with Crippen molar-refractivity contribution in [1.82, 2.24) is 19.7 Å². The van der Waals surface area contributed by atoms with E-state index in [4.69, 9.17) is 16.3 Å². The Bertz CT molecular complexity index is 539. The molecule has 0 aromatic carbocycles. The van der Waals surface area contributed by atoms with Gasteiger partial charge in [-0.1, -0.05) is 25.4 Å². The van der Waals surface area contributed by atoms with Gasteiger partial charge < -0.3 is 4.74 Å². The zero-order chi connectivity index (χ0) is 15.2. The van der Waals surface area contributed by atoms with Gasteiger partial charge >= 0.3 is 0 Å². The number of rotatable bonds is 5. The van der Waals surface area contributed by atoms with E-state index in [0.717, 1.165) is 17.9 Å². The topological polar surface area (TPSA) is 52.8 Å². The first-order valence-electron chi connectivity index (χ1n) is 6.53. The highest BCUT2D eigenvalue weighted by atomic mass is 35.5. The zero-order valence-corrected chi connectivity index (χ0v) is 14.3. The third-order valence-corrected chi connectivity index (χ3v) is 3.94. The Kier molecular flexibility index (Phi) is 6.71. The van der Waals surface area contributed by atoms with Crippen LogP contribution in [-0.4, -0.2) is 50.9 Å². The molecule has 0 saturated carbocycles. The summed E-state index contributed by atoms with van der Waals surface area (Å²) < 4.78 is 7.29. The molecule has 0 unspecified atom stereocenters. The Morgan fingerprint density at radius 1 is 1.25 bits per heavy atom. The lowest BCUT2D eigenvalue weighted by Gasteiger charge is -2.24. The van der Waals surface area contributed by atoms with E-state index in [9.17, 15) is 0 Å². The van der Waals surface area contributed by atoms with Crippen LogP contribution in [0.5, 0.6) is 0 Å². The van der Waals surface area contributed by atoms with Crippen molar-refractivity contribution in [2.24, 2.45) is 0 Å². The maximum atomic E-state index is 5.82. The standard InChI is InChI=1S/C11H17ClN4OS.C2H6/c1-18(2,3)5-4-17-8-16-11-9(6-14-16)13-7-10(12)15-11;1-2/h6-7H,4-5,8H2,1-3H3;1-2H3. The van der Waals surface area contributed by atoms with Crippen molar-refractivity contribution >= 4 is 32.8 Å². The van der Waals surface area contributed by atoms with Crippen LogP contribution in [0.4, 0.5) is 0 Å². The number of ether oxygens (including phenoxy) is 1. The number of hydrogen-bond acceptors (Lipinski definition) is 4. The molecule has 2 aromatic rings. The van der Waals surface area contributed by atoms with Crippen LogP contribution in [0.25, 0.3) is 11.2 Å². The van der Waals surface area contributed by atoms with Gasteiger partial charge in [0.1, 0.15) is 17.4 Å². The zero-order valence-electron chi connectivity index (χ0n) is 12.8. The SMILES string of the molecule is CC.CS(C)(C)CCOCn1ncc2ncc(Cl)nc21. The highest BCUT2D eigenvalue weighted by Crippen LogP contribution is 2.33. The van der Waals surface area contributed by atoms with Crippen LogP contribution >= 0.6 is 21.6 Å². The van der Waals surface area contributed by atoms with Gasteiger partial charge in [0.05, 0.1) is 19.0 Å². The van der Waals surface area contributed by atoms with Crippen molar-refractivity contribution in [2.75, 3.05) is 31.1 Å². The molecule has 0 bridgehead atoms.